The first-order valence-corrected chi connectivity index (χ1v) is 9.79. The SMILES string of the molecule is O=S(=O)(Nc1ncccn1)c1ccc(NC(=S)Nc2ccc(Cl)cn2)cc1. The molecule has 8 nitrogen and oxygen atoms in total. The molecule has 0 saturated carbocycles. The molecule has 0 aliphatic heterocycles. The molecule has 2 aromatic heterocycles. The van der Waals surface area contributed by atoms with Crippen molar-refractivity contribution in [3.05, 3.63) is 66.1 Å². The number of pyridine rings is 1. The molecule has 0 saturated heterocycles. The van der Waals surface area contributed by atoms with Gasteiger partial charge < -0.3 is 10.6 Å². The van der Waals surface area contributed by atoms with Crippen LogP contribution in [0.2, 0.25) is 5.02 Å². The van der Waals surface area contributed by atoms with Gasteiger partial charge in [0.2, 0.25) is 5.95 Å². The van der Waals surface area contributed by atoms with Crippen molar-refractivity contribution in [2.45, 2.75) is 4.90 Å². The predicted molar refractivity (Wildman–Crippen MR) is 108 cm³/mol. The van der Waals surface area contributed by atoms with Crippen LogP contribution in [0, 0.1) is 0 Å². The van der Waals surface area contributed by atoms with Gasteiger partial charge in [-0.1, -0.05) is 11.6 Å². The fraction of sp³-hybridized carbons (Fsp3) is 0. The van der Waals surface area contributed by atoms with Gasteiger partial charge in [-0.3, -0.25) is 0 Å². The zero-order valence-corrected chi connectivity index (χ0v) is 16.0. The minimum absolute atomic E-state index is 0.000504. The van der Waals surface area contributed by atoms with Crippen molar-refractivity contribution >= 4 is 56.4 Å². The summed E-state index contributed by atoms with van der Waals surface area (Å²) in [5.74, 6) is 0.531. The van der Waals surface area contributed by atoms with Crippen LogP contribution >= 0.6 is 23.8 Å². The van der Waals surface area contributed by atoms with Gasteiger partial charge >= 0.3 is 0 Å². The molecule has 0 unspecified atom stereocenters. The van der Waals surface area contributed by atoms with Gasteiger partial charge in [-0.25, -0.2) is 28.1 Å². The number of hydrogen-bond acceptors (Lipinski definition) is 6. The molecule has 0 fully saturated rings. The second kappa shape index (κ2) is 8.25. The molecule has 3 aromatic rings. The van der Waals surface area contributed by atoms with E-state index in [2.05, 4.69) is 30.3 Å². The highest BCUT2D eigenvalue weighted by Gasteiger charge is 2.15. The van der Waals surface area contributed by atoms with Crippen molar-refractivity contribution in [1.29, 1.82) is 0 Å². The van der Waals surface area contributed by atoms with Crippen LogP contribution < -0.4 is 15.4 Å². The van der Waals surface area contributed by atoms with Gasteiger partial charge in [0, 0.05) is 24.3 Å². The van der Waals surface area contributed by atoms with Gasteiger partial charge in [0.05, 0.1) is 9.92 Å². The van der Waals surface area contributed by atoms with E-state index in [9.17, 15) is 8.42 Å². The topological polar surface area (TPSA) is 109 Å². The molecule has 1 aromatic carbocycles. The Balaban J connectivity index is 1.64. The highest BCUT2D eigenvalue weighted by Crippen LogP contribution is 2.17. The third-order valence-corrected chi connectivity index (χ3v) is 4.95. The molecule has 3 rings (SSSR count). The summed E-state index contributed by atoms with van der Waals surface area (Å²) in [6.07, 6.45) is 4.39. The summed E-state index contributed by atoms with van der Waals surface area (Å²) in [7, 11) is -3.78. The van der Waals surface area contributed by atoms with E-state index in [0.717, 1.165) is 0 Å². The minimum Gasteiger partial charge on any atom is -0.332 e. The van der Waals surface area contributed by atoms with Crippen molar-refractivity contribution in [3.8, 4) is 0 Å². The highest BCUT2D eigenvalue weighted by molar-refractivity contribution is 7.92. The molecule has 0 aliphatic carbocycles. The number of anilines is 3. The summed E-state index contributed by atoms with van der Waals surface area (Å²) >= 11 is 11.0. The summed E-state index contributed by atoms with van der Waals surface area (Å²) < 4.78 is 27.0. The summed E-state index contributed by atoms with van der Waals surface area (Å²) in [5.41, 5.74) is 0.608. The van der Waals surface area contributed by atoms with Gasteiger partial charge in [-0.05, 0) is 54.7 Å². The average Bonchev–Trinajstić information content (AvgIpc) is 2.64. The lowest BCUT2D eigenvalue weighted by Gasteiger charge is -2.11. The van der Waals surface area contributed by atoms with Crippen LogP contribution in [-0.4, -0.2) is 28.5 Å². The van der Waals surface area contributed by atoms with Gasteiger partial charge in [-0.2, -0.15) is 0 Å². The normalized spacial score (nSPS) is 10.9. The van der Waals surface area contributed by atoms with E-state index in [0.29, 0.717) is 21.6 Å². The molecule has 27 heavy (non-hydrogen) atoms. The first kappa shape index (κ1) is 19.0. The maximum Gasteiger partial charge on any atom is 0.264 e. The standard InChI is InChI=1S/C16H13ClN6O2S2/c17-11-2-7-14(20-10-11)22-16(26)21-12-3-5-13(6-4-12)27(24,25)23-15-18-8-1-9-19-15/h1-10H,(H,18,19,23)(H2,20,21,22,26). The van der Waals surface area contributed by atoms with Crippen molar-refractivity contribution < 1.29 is 8.42 Å². The fourth-order valence-corrected chi connectivity index (χ4v) is 3.27. The van der Waals surface area contributed by atoms with Gasteiger partial charge in [0.15, 0.2) is 5.11 Å². The molecule has 2 heterocycles. The average molecular weight is 421 g/mol. The molecular formula is C16H13ClN6O2S2. The molecule has 0 radical (unpaired) electrons. The Labute approximate surface area is 166 Å². The number of halogens is 1. The van der Waals surface area contributed by atoms with Crippen LogP contribution in [0.4, 0.5) is 17.5 Å². The first-order valence-electron chi connectivity index (χ1n) is 7.52. The Morgan fingerprint density at radius 2 is 1.67 bits per heavy atom. The van der Waals surface area contributed by atoms with Crippen molar-refractivity contribution in [1.82, 2.24) is 15.0 Å². The predicted octanol–water partition coefficient (Wildman–Crippen LogP) is 3.13. The largest absolute Gasteiger partial charge is 0.332 e. The monoisotopic (exact) mass is 420 g/mol. The number of nitrogens with zero attached hydrogens (tertiary/aromatic N) is 3. The van der Waals surface area contributed by atoms with Gasteiger partial charge in [-0.15, -0.1) is 0 Å². The Morgan fingerprint density at radius 1 is 0.963 bits per heavy atom. The van der Waals surface area contributed by atoms with Crippen LogP contribution in [0.15, 0.2) is 66.0 Å². The second-order valence-corrected chi connectivity index (χ2v) is 7.67. The number of rotatable bonds is 5. The van der Waals surface area contributed by atoms with Gasteiger partial charge in [0.25, 0.3) is 10.0 Å². The van der Waals surface area contributed by atoms with E-state index in [1.807, 2.05) is 0 Å². The minimum atomic E-state index is -3.78. The number of hydrogen-bond donors (Lipinski definition) is 3. The maximum atomic E-state index is 12.3. The number of aromatic nitrogens is 3. The van der Waals surface area contributed by atoms with Crippen LogP contribution in [0.25, 0.3) is 0 Å². The molecule has 0 amide bonds. The Bertz CT molecular complexity index is 1030. The lowest BCUT2D eigenvalue weighted by molar-refractivity contribution is 0.601. The van der Waals surface area contributed by atoms with Crippen molar-refractivity contribution in [2.75, 3.05) is 15.4 Å². The second-order valence-electron chi connectivity index (χ2n) is 5.14. The Morgan fingerprint density at radius 3 is 2.30 bits per heavy atom. The zero-order chi connectivity index (χ0) is 19.3. The van der Waals surface area contributed by atoms with E-state index in [4.69, 9.17) is 23.8 Å². The fourth-order valence-electron chi connectivity index (χ4n) is 1.98. The van der Waals surface area contributed by atoms with Crippen LogP contribution in [0.5, 0.6) is 0 Å². The number of nitrogens with one attached hydrogen (secondary N) is 3. The van der Waals surface area contributed by atoms with Crippen LogP contribution in [-0.2, 0) is 10.0 Å². The van der Waals surface area contributed by atoms with E-state index in [-0.39, 0.29) is 10.8 Å². The quantitative estimate of drug-likeness (QED) is 0.540. The van der Waals surface area contributed by atoms with Crippen molar-refractivity contribution in [3.63, 3.8) is 0 Å². The molecule has 11 heteroatoms. The summed E-state index contributed by atoms with van der Waals surface area (Å²) in [5, 5.41) is 6.66. The molecule has 3 N–H and O–H groups in total. The summed E-state index contributed by atoms with van der Waals surface area (Å²) in [6, 6.07) is 11.0. The number of sulfonamides is 1. The van der Waals surface area contributed by atoms with E-state index in [1.54, 1.807) is 30.3 Å². The lowest BCUT2D eigenvalue weighted by atomic mass is 10.3. The third kappa shape index (κ3) is 5.33. The first-order chi connectivity index (χ1) is 12.9. The number of thiocarbonyl (C=S) groups is 1. The molecule has 0 aliphatic rings. The van der Waals surface area contributed by atoms with Crippen LogP contribution in [0.1, 0.15) is 0 Å². The smallest absolute Gasteiger partial charge is 0.264 e. The maximum absolute atomic E-state index is 12.3. The van der Waals surface area contributed by atoms with Gasteiger partial charge in [0.1, 0.15) is 5.82 Å². The molecular weight excluding hydrogens is 408 g/mol. The summed E-state index contributed by atoms with van der Waals surface area (Å²) in [4.78, 5) is 11.8. The van der Waals surface area contributed by atoms with Crippen molar-refractivity contribution in [2.24, 2.45) is 0 Å². The molecule has 138 valence electrons. The molecule has 0 atom stereocenters. The molecule has 0 bridgehead atoms. The van der Waals surface area contributed by atoms with E-state index >= 15 is 0 Å². The van der Waals surface area contributed by atoms with E-state index < -0.39 is 10.0 Å². The molecule has 0 spiro atoms. The zero-order valence-electron chi connectivity index (χ0n) is 13.6. The summed E-state index contributed by atoms with van der Waals surface area (Å²) in [6.45, 7) is 0. The van der Waals surface area contributed by atoms with E-state index in [1.165, 1.54) is 30.7 Å². The Hall–Kier alpha value is -2.82. The number of benzene rings is 1. The highest BCUT2D eigenvalue weighted by atomic mass is 35.5. The van der Waals surface area contributed by atoms with Crippen LogP contribution in [0.3, 0.4) is 0 Å². The Kier molecular flexibility index (Phi) is 5.79. The lowest BCUT2D eigenvalue weighted by Crippen LogP contribution is -2.20. The third-order valence-electron chi connectivity index (χ3n) is 3.18.